The maximum absolute atomic E-state index is 6.02. The highest BCUT2D eigenvalue weighted by atomic mass is 35.5. The Morgan fingerprint density at radius 1 is 0.923 bits per heavy atom. The Kier molecular flexibility index (Phi) is 6.21. The second-order valence-corrected chi connectivity index (χ2v) is 7.26. The molecule has 134 valence electrons. The van der Waals surface area contributed by atoms with Crippen LogP contribution in [-0.4, -0.2) is 19.9 Å². The quantitative estimate of drug-likeness (QED) is 0.499. The van der Waals surface area contributed by atoms with Crippen LogP contribution < -0.4 is 10.6 Å². The summed E-state index contributed by atoms with van der Waals surface area (Å²) in [6.07, 6.45) is 1.59. The second-order valence-electron chi connectivity index (χ2n) is 5.22. The van der Waals surface area contributed by atoms with E-state index in [1.165, 1.54) is 0 Å². The molecule has 0 fully saturated rings. The molecule has 1 aromatic heterocycles. The minimum absolute atomic E-state index is 0.329. The monoisotopic (exact) mass is 445 g/mol. The fourth-order valence-corrected chi connectivity index (χ4v) is 2.92. The molecule has 0 saturated heterocycles. The van der Waals surface area contributed by atoms with Crippen molar-refractivity contribution in [2.24, 2.45) is 0 Å². The summed E-state index contributed by atoms with van der Waals surface area (Å²) in [4.78, 5) is 4.17. The number of hydrogen-bond donors (Lipinski definition) is 2. The first-order valence-electron chi connectivity index (χ1n) is 7.27. The average molecular weight is 447 g/mol. The standard InChI is InChI=1S/C16H11Cl4N5S/c17-11-3-1-9(5-13(11)19)7-25-8-21-15(24-25)23-16(26)22-10-2-4-12(18)14(20)6-10/h1-6,8H,7H2,(H2,22,23,24,26). The first-order valence-corrected chi connectivity index (χ1v) is 9.19. The smallest absolute Gasteiger partial charge is 0.248 e. The van der Waals surface area contributed by atoms with Crippen molar-refractivity contribution in [3.05, 3.63) is 68.4 Å². The molecule has 0 saturated carbocycles. The van der Waals surface area contributed by atoms with Gasteiger partial charge in [-0.1, -0.05) is 52.5 Å². The van der Waals surface area contributed by atoms with Gasteiger partial charge in [0.05, 0.1) is 26.6 Å². The van der Waals surface area contributed by atoms with Gasteiger partial charge >= 0.3 is 0 Å². The van der Waals surface area contributed by atoms with E-state index >= 15 is 0 Å². The number of halogens is 4. The van der Waals surface area contributed by atoms with Crippen molar-refractivity contribution < 1.29 is 0 Å². The van der Waals surface area contributed by atoms with Crippen molar-refractivity contribution in [1.29, 1.82) is 0 Å². The minimum atomic E-state index is 0.329. The molecule has 0 radical (unpaired) electrons. The summed E-state index contributed by atoms with van der Waals surface area (Å²) >= 11 is 29.0. The van der Waals surface area contributed by atoms with Crippen LogP contribution in [0.5, 0.6) is 0 Å². The van der Waals surface area contributed by atoms with Crippen LogP contribution in [0, 0.1) is 0 Å². The summed E-state index contributed by atoms with van der Waals surface area (Å²) in [5.41, 5.74) is 1.65. The summed E-state index contributed by atoms with van der Waals surface area (Å²) in [6.45, 7) is 0.499. The zero-order valence-corrected chi connectivity index (χ0v) is 16.9. The molecule has 1 heterocycles. The Labute approximate surface area is 175 Å². The van der Waals surface area contributed by atoms with Crippen LogP contribution in [-0.2, 0) is 6.54 Å². The van der Waals surface area contributed by atoms with Crippen LogP contribution in [0.25, 0.3) is 0 Å². The first kappa shape index (κ1) is 19.2. The van der Waals surface area contributed by atoms with Gasteiger partial charge in [0.2, 0.25) is 5.95 Å². The van der Waals surface area contributed by atoms with Crippen molar-refractivity contribution in [1.82, 2.24) is 14.8 Å². The van der Waals surface area contributed by atoms with E-state index in [-0.39, 0.29) is 0 Å². The van der Waals surface area contributed by atoms with E-state index in [9.17, 15) is 0 Å². The Bertz CT molecular complexity index is 960. The van der Waals surface area contributed by atoms with E-state index in [4.69, 9.17) is 58.6 Å². The van der Waals surface area contributed by atoms with Gasteiger partial charge < -0.3 is 5.32 Å². The molecule has 3 aromatic rings. The predicted octanol–water partition coefficient (Wildman–Crippen LogP) is 5.75. The molecule has 26 heavy (non-hydrogen) atoms. The molecule has 0 unspecified atom stereocenters. The van der Waals surface area contributed by atoms with E-state index in [0.29, 0.717) is 43.4 Å². The normalized spacial score (nSPS) is 10.6. The van der Waals surface area contributed by atoms with Crippen LogP contribution in [0.2, 0.25) is 20.1 Å². The summed E-state index contributed by atoms with van der Waals surface area (Å²) in [7, 11) is 0. The number of aromatic nitrogens is 3. The zero-order valence-electron chi connectivity index (χ0n) is 13.0. The van der Waals surface area contributed by atoms with Gasteiger partial charge in [0.25, 0.3) is 0 Å². The number of thiocarbonyl (C=S) groups is 1. The molecule has 2 aromatic carbocycles. The molecule has 10 heteroatoms. The Balaban J connectivity index is 1.61. The third kappa shape index (κ3) is 4.99. The second kappa shape index (κ2) is 8.41. The Morgan fingerprint density at radius 3 is 2.31 bits per heavy atom. The first-order chi connectivity index (χ1) is 12.4. The summed E-state index contributed by atoms with van der Waals surface area (Å²) in [5, 5.41) is 12.4. The molecule has 0 aliphatic rings. The van der Waals surface area contributed by atoms with Crippen LogP contribution >= 0.6 is 58.6 Å². The third-order valence-corrected chi connectivity index (χ3v) is 4.95. The van der Waals surface area contributed by atoms with E-state index in [1.54, 1.807) is 41.3 Å². The SMILES string of the molecule is S=C(Nc1ccc(Cl)c(Cl)c1)Nc1ncn(Cc2ccc(Cl)c(Cl)c2)n1. The molecule has 0 amide bonds. The number of nitrogens with one attached hydrogen (secondary N) is 2. The van der Waals surface area contributed by atoms with E-state index < -0.39 is 0 Å². The predicted molar refractivity (Wildman–Crippen MR) is 112 cm³/mol. The largest absolute Gasteiger partial charge is 0.332 e. The molecule has 0 aliphatic carbocycles. The molecular weight excluding hydrogens is 436 g/mol. The van der Waals surface area contributed by atoms with Crippen molar-refractivity contribution in [3.63, 3.8) is 0 Å². The molecule has 0 aliphatic heterocycles. The summed E-state index contributed by atoms with van der Waals surface area (Å²) in [5.74, 6) is 0.364. The maximum atomic E-state index is 6.02. The molecule has 2 N–H and O–H groups in total. The van der Waals surface area contributed by atoms with Crippen molar-refractivity contribution in [2.75, 3.05) is 10.6 Å². The number of nitrogens with zero attached hydrogens (tertiary/aromatic N) is 3. The topological polar surface area (TPSA) is 54.8 Å². The van der Waals surface area contributed by atoms with Gasteiger partial charge in [-0.3, -0.25) is 5.32 Å². The number of rotatable bonds is 4. The lowest BCUT2D eigenvalue weighted by Crippen LogP contribution is -2.20. The highest BCUT2D eigenvalue weighted by molar-refractivity contribution is 7.80. The van der Waals surface area contributed by atoms with Crippen LogP contribution in [0.15, 0.2) is 42.7 Å². The van der Waals surface area contributed by atoms with E-state index in [2.05, 4.69) is 20.7 Å². The number of anilines is 2. The zero-order chi connectivity index (χ0) is 18.7. The molecule has 0 spiro atoms. The lowest BCUT2D eigenvalue weighted by Gasteiger charge is -2.08. The molecule has 0 atom stereocenters. The summed E-state index contributed by atoms with van der Waals surface area (Å²) in [6, 6.07) is 10.5. The highest BCUT2D eigenvalue weighted by Gasteiger charge is 2.07. The average Bonchev–Trinajstić information content (AvgIpc) is 3.01. The van der Waals surface area contributed by atoms with E-state index in [0.717, 1.165) is 5.56 Å². The fraction of sp³-hybridized carbons (Fsp3) is 0.0625. The molecule has 5 nitrogen and oxygen atoms in total. The van der Waals surface area contributed by atoms with E-state index in [1.807, 2.05) is 6.07 Å². The van der Waals surface area contributed by atoms with Gasteiger partial charge in [0.1, 0.15) is 6.33 Å². The number of hydrogen-bond acceptors (Lipinski definition) is 3. The maximum Gasteiger partial charge on any atom is 0.248 e. The summed E-state index contributed by atoms with van der Waals surface area (Å²) < 4.78 is 1.66. The Hall–Kier alpha value is -1.57. The number of benzene rings is 2. The lowest BCUT2D eigenvalue weighted by atomic mass is 10.2. The fourth-order valence-electron chi connectivity index (χ4n) is 2.09. The Morgan fingerprint density at radius 2 is 1.62 bits per heavy atom. The molecule has 0 bridgehead atoms. The van der Waals surface area contributed by atoms with Crippen molar-refractivity contribution >= 4 is 75.4 Å². The lowest BCUT2D eigenvalue weighted by molar-refractivity contribution is 0.687. The van der Waals surface area contributed by atoms with Gasteiger partial charge in [-0.05, 0) is 48.1 Å². The minimum Gasteiger partial charge on any atom is -0.332 e. The van der Waals surface area contributed by atoms with Gasteiger partial charge in [-0.2, -0.15) is 0 Å². The van der Waals surface area contributed by atoms with Crippen LogP contribution in [0.4, 0.5) is 11.6 Å². The van der Waals surface area contributed by atoms with Crippen molar-refractivity contribution in [2.45, 2.75) is 6.54 Å². The van der Waals surface area contributed by atoms with Crippen LogP contribution in [0.3, 0.4) is 0 Å². The van der Waals surface area contributed by atoms with Gasteiger partial charge in [-0.15, -0.1) is 5.10 Å². The highest BCUT2D eigenvalue weighted by Crippen LogP contribution is 2.25. The van der Waals surface area contributed by atoms with Gasteiger partial charge in [-0.25, -0.2) is 9.67 Å². The van der Waals surface area contributed by atoms with Gasteiger partial charge in [0.15, 0.2) is 5.11 Å². The molecular formula is C16H11Cl4N5S. The van der Waals surface area contributed by atoms with Crippen LogP contribution in [0.1, 0.15) is 5.56 Å². The third-order valence-electron chi connectivity index (χ3n) is 3.27. The van der Waals surface area contributed by atoms with Crippen molar-refractivity contribution in [3.8, 4) is 0 Å². The molecule has 3 rings (SSSR count). The van der Waals surface area contributed by atoms with Gasteiger partial charge in [0, 0.05) is 5.69 Å².